The van der Waals surface area contributed by atoms with Gasteiger partial charge in [-0.2, -0.15) is 0 Å². The zero-order valence-electron chi connectivity index (χ0n) is 10.9. The summed E-state index contributed by atoms with van der Waals surface area (Å²) in [7, 11) is -2.99. The minimum absolute atomic E-state index is 0.0481. The molecule has 2 rings (SSSR count). The van der Waals surface area contributed by atoms with Gasteiger partial charge in [0, 0.05) is 18.3 Å². The van der Waals surface area contributed by atoms with Crippen LogP contribution in [0.5, 0.6) is 0 Å². The predicted octanol–water partition coefficient (Wildman–Crippen LogP) is 0.457. The number of benzene rings is 1. The van der Waals surface area contributed by atoms with Crippen LogP contribution in [-0.4, -0.2) is 43.3 Å². The number of nitrogen functional groups attached to an aromatic ring is 1. The van der Waals surface area contributed by atoms with Crippen molar-refractivity contribution < 1.29 is 13.2 Å². The first kappa shape index (κ1) is 13.9. The van der Waals surface area contributed by atoms with Gasteiger partial charge in [-0.3, -0.25) is 4.79 Å². The average molecular weight is 282 g/mol. The third kappa shape index (κ3) is 3.47. The zero-order chi connectivity index (χ0) is 14.0. The molecule has 1 aromatic rings. The van der Waals surface area contributed by atoms with E-state index >= 15 is 0 Å². The Balaban J connectivity index is 2.05. The highest BCUT2D eigenvalue weighted by Gasteiger charge is 2.30. The molecule has 0 radical (unpaired) electrons. The monoisotopic (exact) mass is 282 g/mol. The second kappa shape index (κ2) is 5.21. The second-order valence-corrected chi connectivity index (χ2v) is 7.20. The summed E-state index contributed by atoms with van der Waals surface area (Å²) in [6.45, 7) is 2.05. The summed E-state index contributed by atoms with van der Waals surface area (Å²) in [5, 5.41) is 0. The molecule has 1 saturated heterocycles. The lowest BCUT2D eigenvalue weighted by molar-refractivity contribution is -0.131. The van der Waals surface area contributed by atoms with Gasteiger partial charge < -0.3 is 10.6 Å². The molecular formula is C13H18N2O3S. The lowest BCUT2D eigenvalue weighted by atomic mass is 10.1. The standard InChI is InChI=1S/C13H18N2O3S/c1-10-9-19(17,18)6-5-15(10)13(16)8-11-3-2-4-12(14)7-11/h2-4,7,10H,5-6,8-9,14H2,1H3. The van der Waals surface area contributed by atoms with Gasteiger partial charge in [0.15, 0.2) is 9.84 Å². The van der Waals surface area contributed by atoms with Gasteiger partial charge in [-0.15, -0.1) is 0 Å². The van der Waals surface area contributed by atoms with E-state index in [0.717, 1.165) is 5.56 Å². The molecule has 1 amide bonds. The first-order chi connectivity index (χ1) is 8.87. The molecule has 0 saturated carbocycles. The Morgan fingerprint density at radius 2 is 2.21 bits per heavy atom. The molecule has 1 heterocycles. The molecule has 104 valence electrons. The number of anilines is 1. The summed E-state index contributed by atoms with van der Waals surface area (Å²) in [5.41, 5.74) is 7.15. The van der Waals surface area contributed by atoms with E-state index in [1.165, 1.54) is 0 Å². The molecule has 1 fully saturated rings. The summed E-state index contributed by atoms with van der Waals surface area (Å²) in [5.74, 6) is 0.0587. The molecule has 0 bridgehead atoms. The fourth-order valence-electron chi connectivity index (χ4n) is 2.35. The molecule has 2 N–H and O–H groups in total. The molecule has 1 aliphatic heterocycles. The molecule has 1 aliphatic rings. The summed E-state index contributed by atoms with van der Waals surface area (Å²) < 4.78 is 23.0. The van der Waals surface area contributed by atoms with Crippen LogP contribution in [-0.2, 0) is 21.1 Å². The highest BCUT2D eigenvalue weighted by Crippen LogP contribution is 2.14. The van der Waals surface area contributed by atoms with Gasteiger partial charge in [-0.05, 0) is 24.6 Å². The Bertz CT molecular complexity index is 583. The van der Waals surface area contributed by atoms with E-state index in [1.807, 2.05) is 12.1 Å². The Kier molecular flexibility index (Phi) is 3.80. The van der Waals surface area contributed by atoms with E-state index in [-0.39, 0.29) is 36.4 Å². The van der Waals surface area contributed by atoms with E-state index < -0.39 is 9.84 Å². The van der Waals surface area contributed by atoms with Crippen molar-refractivity contribution in [3.63, 3.8) is 0 Å². The Morgan fingerprint density at radius 3 is 2.84 bits per heavy atom. The Hall–Kier alpha value is -1.56. The minimum Gasteiger partial charge on any atom is -0.399 e. The van der Waals surface area contributed by atoms with Crippen LogP contribution in [0.25, 0.3) is 0 Å². The number of nitrogens with zero attached hydrogens (tertiary/aromatic N) is 1. The number of hydrogen-bond acceptors (Lipinski definition) is 4. The SMILES string of the molecule is CC1CS(=O)(=O)CCN1C(=O)Cc1cccc(N)c1. The van der Waals surface area contributed by atoms with E-state index in [9.17, 15) is 13.2 Å². The highest BCUT2D eigenvalue weighted by molar-refractivity contribution is 7.91. The maximum Gasteiger partial charge on any atom is 0.227 e. The van der Waals surface area contributed by atoms with E-state index in [0.29, 0.717) is 5.69 Å². The van der Waals surface area contributed by atoms with Crippen LogP contribution in [0.3, 0.4) is 0 Å². The van der Waals surface area contributed by atoms with Crippen LogP contribution in [0.1, 0.15) is 12.5 Å². The lowest BCUT2D eigenvalue weighted by Gasteiger charge is -2.33. The third-order valence-corrected chi connectivity index (χ3v) is 5.09. The molecule has 5 nitrogen and oxygen atoms in total. The van der Waals surface area contributed by atoms with Crippen molar-refractivity contribution in [2.75, 3.05) is 23.8 Å². The molecule has 19 heavy (non-hydrogen) atoms. The van der Waals surface area contributed by atoms with Gasteiger partial charge in [-0.1, -0.05) is 12.1 Å². The van der Waals surface area contributed by atoms with Crippen LogP contribution in [0, 0.1) is 0 Å². The normalized spacial score (nSPS) is 22.2. The largest absolute Gasteiger partial charge is 0.399 e. The van der Waals surface area contributed by atoms with E-state index in [4.69, 9.17) is 5.73 Å². The topological polar surface area (TPSA) is 80.5 Å². The number of hydrogen-bond donors (Lipinski definition) is 1. The molecule has 1 unspecified atom stereocenters. The molecular weight excluding hydrogens is 264 g/mol. The first-order valence-corrected chi connectivity index (χ1v) is 8.04. The fourth-order valence-corrected chi connectivity index (χ4v) is 3.90. The van der Waals surface area contributed by atoms with Crippen molar-refractivity contribution in [3.8, 4) is 0 Å². The van der Waals surface area contributed by atoms with Crippen molar-refractivity contribution in [2.45, 2.75) is 19.4 Å². The number of sulfone groups is 1. The smallest absolute Gasteiger partial charge is 0.227 e. The highest BCUT2D eigenvalue weighted by atomic mass is 32.2. The van der Waals surface area contributed by atoms with Crippen molar-refractivity contribution in [1.29, 1.82) is 0 Å². The van der Waals surface area contributed by atoms with E-state index in [2.05, 4.69) is 0 Å². The maximum absolute atomic E-state index is 12.2. The van der Waals surface area contributed by atoms with Crippen LogP contribution in [0.2, 0.25) is 0 Å². The molecule has 1 aromatic carbocycles. The molecule has 6 heteroatoms. The van der Waals surface area contributed by atoms with Gasteiger partial charge >= 0.3 is 0 Å². The van der Waals surface area contributed by atoms with Gasteiger partial charge in [0.25, 0.3) is 0 Å². The van der Waals surface area contributed by atoms with Crippen LogP contribution < -0.4 is 5.73 Å². The summed E-state index contributed by atoms with van der Waals surface area (Å²) in [6.07, 6.45) is 0.259. The zero-order valence-corrected chi connectivity index (χ0v) is 11.7. The average Bonchev–Trinajstić information content (AvgIpc) is 2.27. The fraction of sp³-hybridized carbons (Fsp3) is 0.462. The van der Waals surface area contributed by atoms with Crippen LogP contribution in [0.4, 0.5) is 5.69 Å². The van der Waals surface area contributed by atoms with Crippen molar-refractivity contribution >= 4 is 21.4 Å². The Labute approximate surface area is 113 Å². The quantitative estimate of drug-likeness (QED) is 0.799. The summed E-state index contributed by atoms with van der Waals surface area (Å²) >= 11 is 0. The minimum atomic E-state index is -2.99. The van der Waals surface area contributed by atoms with Gasteiger partial charge in [-0.25, -0.2) is 8.42 Å². The molecule has 0 aliphatic carbocycles. The number of rotatable bonds is 2. The number of amides is 1. The Morgan fingerprint density at radius 1 is 1.47 bits per heavy atom. The predicted molar refractivity (Wildman–Crippen MR) is 74.4 cm³/mol. The molecule has 0 aromatic heterocycles. The maximum atomic E-state index is 12.2. The first-order valence-electron chi connectivity index (χ1n) is 6.22. The van der Waals surface area contributed by atoms with Gasteiger partial charge in [0.2, 0.25) is 5.91 Å². The third-order valence-electron chi connectivity index (χ3n) is 3.30. The van der Waals surface area contributed by atoms with Crippen LogP contribution >= 0.6 is 0 Å². The number of carbonyl (C=O) groups is 1. The van der Waals surface area contributed by atoms with E-state index in [1.54, 1.807) is 24.0 Å². The second-order valence-electron chi connectivity index (χ2n) is 4.97. The molecule has 1 atom stereocenters. The van der Waals surface area contributed by atoms with Crippen molar-refractivity contribution in [2.24, 2.45) is 0 Å². The lowest BCUT2D eigenvalue weighted by Crippen LogP contribution is -2.50. The van der Waals surface area contributed by atoms with Gasteiger partial charge in [0.05, 0.1) is 17.9 Å². The number of carbonyl (C=O) groups excluding carboxylic acids is 1. The van der Waals surface area contributed by atoms with Crippen molar-refractivity contribution in [1.82, 2.24) is 4.90 Å². The summed E-state index contributed by atoms with van der Waals surface area (Å²) in [4.78, 5) is 13.8. The number of nitrogens with two attached hydrogens (primary N) is 1. The molecule has 0 spiro atoms. The van der Waals surface area contributed by atoms with Crippen LogP contribution in [0.15, 0.2) is 24.3 Å². The van der Waals surface area contributed by atoms with Crippen molar-refractivity contribution in [3.05, 3.63) is 29.8 Å². The van der Waals surface area contributed by atoms with Gasteiger partial charge in [0.1, 0.15) is 0 Å². The summed E-state index contributed by atoms with van der Waals surface area (Å²) in [6, 6.07) is 6.93.